The predicted molar refractivity (Wildman–Crippen MR) is 49.3 cm³/mol. The Morgan fingerprint density at radius 1 is 1.10 bits per heavy atom. The van der Waals surface area contributed by atoms with Crippen molar-refractivity contribution in [3.8, 4) is 0 Å². The molecule has 0 saturated heterocycles. The van der Waals surface area contributed by atoms with Crippen LogP contribution in [-0.2, 0) is 0 Å². The molecule has 0 aromatic rings. The Labute approximate surface area is 65.7 Å². The molecule has 0 amide bonds. The Hall–Kier alpha value is -0.300. The first-order valence-corrected chi connectivity index (χ1v) is 4.07. The van der Waals surface area contributed by atoms with Gasteiger partial charge >= 0.3 is 0 Å². The quantitative estimate of drug-likeness (QED) is 0.549. The molecule has 10 heavy (non-hydrogen) atoms. The van der Waals surface area contributed by atoms with Crippen molar-refractivity contribution in [2.24, 2.45) is 0 Å². The van der Waals surface area contributed by atoms with Crippen molar-refractivity contribution in [3.63, 3.8) is 0 Å². The third-order valence-electron chi connectivity index (χ3n) is 0.873. The minimum atomic E-state index is 1.06. The van der Waals surface area contributed by atoms with Gasteiger partial charge in [-0.15, -0.1) is 0 Å². The lowest BCUT2D eigenvalue weighted by Gasteiger charge is -2.02. The fourth-order valence-electron chi connectivity index (χ4n) is 0.452. The number of hydrogen-bond acceptors (Lipinski definition) is 1. The van der Waals surface area contributed by atoms with Gasteiger partial charge in [-0.05, 0) is 20.5 Å². The second-order valence-corrected chi connectivity index (χ2v) is 2.14. The van der Waals surface area contributed by atoms with E-state index < -0.39 is 0 Å². The first-order valence-electron chi connectivity index (χ1n) is 4.07. The van der Waals surface area contributed by atoms with Crippen molar-refractivity contribution in [3.05, 3.63) is 12.2 Å². The molecule has 0 aliphatic rings. The highest BCUT2D eigenvalue weighted by molar-refractivity contribution is 4.81. The zero-order chi connectivity index (χ0) is 8.41. The summed E-state index contributed by atoms with van der Waals surface area (Å²) in [5.74, 6) is 0. The summed E-state index contributed by atoms with van der Waals surface area (Å²) >= 11 is 0. The van der Waals surface area contributed by atoms with Crippen LogP contribution in [0.15, 0.2) is 12.2 Å². The molecule has 0 saturated carbocycles. The standard InChI is InChI=1S/C7H15N.C2H6/c1-4-5-6-7-8(2)3;1-2/h5-6H,4,7H2,1-3H3;1-2H3/b6-5-;. The van der Waals surface area contributed by atoms with Gasteiger partial charge in [0.2, 0.25) is 0 Å². The van der Waals surface area contributed by atoms with E-state index in [1.807, 2.05) is 13.8 Å². The molecule has 0 aliphatic heterocycles. The average Bonchev–Trinajstić information content (AvgIpc) is 1.92. The molecule has 0 heterocycles. The summed E-state index contributed by atoms with van der Waals surface area (Å²) in [6.07, 6.45) is 5.51. The van der Waals surface area contributed by atoms with Gasteiger partial charge < -0.3 is 4.90 Å². The number of rotatable bonds is 3. The normalized spacial score (nSPS) is 9.80. The van der Waals surface area contributed by atoms with Crippen LogP contribution in [-0.4, -0.2) is 25.5 Å². The second-order valence-electron chi connectivity index (χ2n) is 2.14. The van der Waals surface area contributed by atoms with Crippen molar-refractivity contribution >= 4 is 0 Å². The third-order valence-corrected chi connectivity index (χ3v) is 0.873. The molecule has 0 bridgehead atoms. The molecule has 0 spiro atoms. The third kappa shape index (κ3) is 15.6. The lowest BCUT2D eigenvalue weighted by atomic mass is 10.4. The molecular formula is C9H21N. The van der Waals surface area contributed by atoms with E-state index in [4.69, 9.17) is 0 Å². The first kappa shape index (κ1) is 12.4. The van der Waals surface area contributed by atoms with Crippen LogP contribution in [0.1, 0.15) is 27.2 Å². The van der Waals surface area contributed by atoms with Crippen LogP contribution in [0, 0.1) is 0 Å². The molecule has 62 valence electrons. The van der Waals surface area contributed by atoms with E-state index in [1.54, 1.807) is 0 Å². The summed E-state index contributed by atoms with van der Waals surface area (Å²) in [5, 5.41) is 0. The number of nitrogens with zero attached hydrogens (tertiary/aromatic N) is 1. The van der Waals surface area contributed by atoms with Gasteiger partial charge in [0.05, 0.1) is 0 Å². The van der Waals surface area contributed by atoms with E-state index in [2.05, 4.69) is 38.1 Å². The van der Waals surface area contributed by atoms with E-state index in [0.29, 0.717) is 0 Å². The van der Waals surface area contributed by atoms with E-state index in [0.717, 1.165) is 13.0 Å². The summed E-state index contributed by atoms with van der Waals surface area (Å²) in [7, 11) is 4.14. The highest BCUT2D eigenvalue weighted by atomic mass is 15.0. The molecule has 0 aromatic heterocycles. The van der Waals surface area contributed by atoms with Crippen LogP contribution in [0.4, 0.5) is 0 Å². The van der Waals surface area contributed by atoms with Crippen LogP contribution < -0.4 is 0 Å². The second kappa shape index (κ2) is 11.5. The van der Waals surface area contributed by atoms with Crippen molar-refractivity contribution in [2.45, 2.75) is 27.2 Å². The zero-order valence-electron chi connectivity index (χ0n) is 8.02. The number of likely N-dealkylation sites (N-methyl/N-ethyl adjacent to an activating group) is 1. The van der Waals surface area contributed by atoms with E-state index >= 15 is 0 Å². The fraction of sp³-hybridized carbons (Fsp3) is 0.778. The lowest BCUT2D eigenvalue weighted by molar-refractivity contribution is 0.456. The molecule has 1 heteroatoms. The van der Waals surface area contributed by atoms with E-state index in [-0.39, 0.29) is 0 Å². The highest BCUT2D eigenvalue weighted by Gasteiger charge is 1.78. The Balaban J connectivity index is 0. The summed E-state index contributed by atoms with van der Waals surface area (Å²) < 4.78 is 0. The maximum atomic E-state index is 2.18. The molecule has 0 N–H and O–H groups in total. The van der Waals surface area contributed by atoms with Gasteiger partial charge in [-0.2, -0.15) is 0 Å². The first-order chi connectivity index (χ1) is 4.77. The van der Waals surface area contributed by atoms with Crippen LogP contribution in [0.3, 0.4) is 0 Å². The molecular weight excluding hydrogens is 122 g/mol. The molecule has 0 rings (SSSR count). The van der Waals surface area contributed by atoms with Gasteiger partial charge in [0.15, 0.2) is 0 Å². The van der Waals surface area contributed by atoms with Crippen molar-refractivity contribution in [1.29, 1.82) is 0 Å². The topological polar surface area (TPSA) is 3.24 Å². The average molecular weight is 143 g/mol. The lowest BCUT2D eigenvalue weighted by Crippen LogP contribution is -2.10. The molecule has 0 aliphatic carbocycles. The van der Waals surface area contributed by atoms with E-state index in [9.17, 15) is 0 Å². The van der Waals surface area contributed by atoms with Crippen LogP contribution >= 0.6 is 0 Å². The smallest absolute Gasteiger partial charge is 0.0157 e. The maximum absolute atomic E-state index is 2.18. The Bertz CT molecular complexity index is 65.1. The molecule has 0 fully saturated rings. The molecule has 0 radical (unpaired) electrons. The Morgan fingerprint density at radius 3 is 1.90 bits per heavy atom. The monoisotopic (exact) mass is 143 g/mol. The summed E-state index contributed by atoms with van der Waals surface area (Å²) in [6, 6.07) is 0. The summed E-state index contributed by atoms with van der Waals surface area (Å²) in [6.45, 7) is 7.21. The van der Waals surface area contributed by atoms with Crippen molar-refractivity contribution in [1.82, 2.24) is 4.90 Å². The van der Waals surface area contributed by atoms with Gasteiger partial charge in [0.25, 0.3) is 0 Å². The van der Waals surface area contributed by atoms with Gasteiger partial charge in [0, 0.05) is 6.54 Å². The summed E-state index contributed by atoms with van der Waals surface area (Å²) in [5.41, 5.74) is 0. The van der Waals surface area contributed by atoms with Gasteiger partial charge in [0.1, 0.15) is 0 Å². The molecule has 0 aromatic carbocycles. The Morgan fingerprint density at radius 2 is 1.60 bits per heavy atom. The molecule has 0 unspecified atom stereocenters. The predicted octanol–water partition coefficient (Wildman–Crippen LogP) is 2.54. The largest absolute Gasteiger partial charge is 0.306 e. The highest BCUT2D eigenvalue weighted by Crippen LogP contribution is 1.80. The van der Waals surface area contributed by atoms with Gasteiger partial charge in [-0.25, -0.2) is 0 Å². The van der Waals surface area contributed by atoms with Crippen molar-refractivity contribution in [2.75, 3.05) is 20.6 Å². The SMILES string of the molecule is CC.CC/C=C\CN(C)C. The minimum absolute atomic E-state index is 1.06. The fourth-order valence-corrected chi connectivity index (χ4v) is 0.452. The van der Waals surface area contributed by atoms with Gasteiger partial charge in [-0.1, -0.05) is 32.9 Å². The maximum Gasteiger partial charge on any atom is 0.0157 e. The van der Waals surface area contributed by atoms with Gasteiger partial charge in [-0.3, -0.25) is 0 Å². The van der Waals surface area contributed by atoms with Crippen molar-refractivity contribution < 1.29 is 0 Å². The molecule has 0 atom stereocenters. The van der Waals surface area contributed by atoms with Crippen LogP contribution in [0.5, 0.6) is 0 Å². The van der Waals surface area contributed by atoms with E-state index in [1.165, 1.54) is 0 Å². The summed E-state index contributed by atoms with van der Waals surface area (Å²) in [4.78, 5) is 2.14. The molecule has 1 nitrogen and oxygen atoms in total. The van der Waals surface area contributed by atoms with Crippen LogP contribution in [0.25, 0.3) is 0 Å². The zero-order valence-corrected chi connectivity index (χ0v) is 8.02. The number of allylic oxidation sites excluding steroid dienone is 1. The Kier molecular flexibility index (Phi) is 14.2. The van der Waals surface area contributed by atoms with Crippen LogP contribution in [0.2, 0.25) is 0 Å². The number of hydrogen-bond donors (Lipinski definition) is 0. The minimum Gasteiger partial charge on any atom is -0.306 e.